The number of cyclic esters (lactones) is 2. The molecule has 0 bridgehead atoms. The zero-order valence-electron chi connectivity index (χ0n) is 11.8. The second-order valence-corrected chi connectivity index (χ2v) is 6.37. The number of hydrogen-bond donors (Lipinski definition) is 0. The Labute approximate surface area is 120 Å². The first kappa shape index (κ1) is 13.6. The van der Waals surface area contributed by atoms with Crippen molar-refractivity contribution in [1.29, 1.82) is 0 Å². The van der Waals surface area contributed by atoms with Crippen molar-refractivity contribution in [1.82, 2.24) is 0 Å². The molecule has 0 aromatic carbocycles. The van der Waals surface area contributed by atoms with E-state index in [-0.39, 0.29) is 35.6 Å². The van der Waals surface area contributed by atoms with E-state index in [4.69, 9.17) is 4.74 Å². The zero-order valence-corrected chi connectivity index (χ0v) is 11.8. The molecule has 2 aliphatic carbocycles. The number of esters is 2. The molecule has 0 N–H and O–H groups in total. The van der Waals surface area contributed by atoms with E-state index in [2.05, 4.69) is 18.7 Å². The number of hydrogen-bond acceptors (Lipinski definition) is 3. The second kappa shape index (κ2) is 5.55. The van der Waals surface area contributed by atoms with Gasteiger partial charge in [0.1, 0.15) is 0 Å². The Kier molecular flexibility index (Phi) is 3.77. The number of rotatable bonds is 3. The topological polar surface area (TPSA) is 43.4 Å². The van der Waals surface area contributed by atoms with Gasteiger partial charge in [-0.3, -0.25) is 9.59 Å². The molecule has 1 saturated heterocycles. The minimum absolute atomic E-state index is 0.0833. The van der Waals surface area contributed by atoms with Crippen molar-refractivity contribution in [3.63, 3.8) is 0 Å². The van der Waals surface area contributed by atoms with Gasteiger partial charge < -0.3 is 4.74 Å². The lowest BCUT2D eigenvalue weighted by Crippen LogP contribution is -2.19. The predicted octanol–water partition coefficient (Wildman–Crippen LogP) is 3.26. The van der Waals surface area contributed by atoms with E-state index in [1.807, 2.05) is 6.08 Å². The summed E-state index contributed by atoms with van der Waals surface area (Å²) < 4.78 is 4.82. The van der Waals surface area contributed by atoms with Crippen molar-refractivity contribution < 1.29 is 14.3 Å². The number of carbonyl (C=O) groups excluding carboxylic acids is 2. The molecule has 0 aromatic heterocycles. The van der Waals surface area contributed by atoms with Crippen molar-refractivity contribution in [2.24, 2.45) is 29.6 Å². The minimum Gasteiger partial charge on any atom is -0.393 e. The van der Waals surface area contributed by atoms with Crippen molar-refractivity contribution in [2.75, 3.05) is 0 Å². The number of fused-ring (bicyclic) bond motifs is 1. The Morgan fingerprint density at radius 2 is 1.60 bits per heavy atom. The van der Waals surface area contributed by atoms with Crippen molar-refractivity contribution in [2.45, 2.75) is 38.5 Å². The first-order valence-corrected chi connectivity index (χ1v) is 7.77. The molecular formula is C17H22O3. The summed E-state index contributed by atoms with van der Waals surface area (Å²) in [5, 5.41) is 0. The maximum Gasteiger partial charge on any atom is 0.318 e. The fourth-order valence-corrected chi connectivity index (χ4v) is 4.09. The standard InChI is InChI=1S/C17H22O3/c1-2-12-10-13(9-8-11-6-4-3-5-7-11)15-14(12)16(18)20-17(15)19/h2,8-9,11-15H,1,3-7,10H2/b9-8+/t12-,13+,14+,15-/m1/s1. The highest BCUT2D eigenvalue weighted by atomic mass is 16.6. The van der Waals surface area contributed by atoms with Gasteiger partial charge in [-0.15, -0.1) is 6.58 Å². The zero-order chi connectivity index (χ0) is 14.1. The molecule has 108 valence electrons. The summed E-state index contributed by atoms with van der Waals surface area (Å²) in [4.78, 5) is 23.6. The Morgan fingerprint density at radius 1 is 0.950 bits per heavy atom. The van der Waals surface area contributed by atoms with Crippen LogP contribution in [0.1, 0.15) is 38.5 Å². The van der Waals surface area contributed by atoms with Crippen LogP contribution in [0.4, 0.5) is 0 Å². The SMILES string of the molecule is C=C[C@@H]1C[C@H](/C=C/C2CCCCC2)[C@H]2C(=O)OC(=O)[C@H]21. The Bertz CT molecular complexity index is 445. The van der Waals surface area contributed by atoms with Crippen LogP contribution in [-0.4, -0.2) is 11.9 Å². The third kappa shape index (κ3) is 2.34. The molecule has 3 heteroatoms. The lowest BCUT2D eigenvalue weighted by molar-refractivity contribution is -0.154. The molecule has 0 aromatic rings. The highest BCUT2D eigenvalue weighted by Gasteiger charge is 2.55. The molecule has 3 nitrogen and oxygen atoms in total. The van der Waals surface area contributed by atoms with E-state index in [9.17, 15) is 9.59 Å². The fourth-order valence-electron chi connectivity index (χ4n) is 4.09. The molecule has 3 rings (SSSR count). The molecule has 0 radical (unpaired) electrons. The van der Waals surface area contributed by atoms with Crippen LogP contribution in [0.5, 0.6) is 0 Å². The van der Waals surface area contributed by atoms with Crippen LogP contribution in [0.3, 0.4) is 0 Å². The molecule has 4 atom stereocenters. The molecule has 1 heterocycles. The Morgan fingerprint density at radius 3 is 2.25 bits per heavy atom. The van der Waals surface area contributed by atoms with Crippen molar-refractivity contribution >= 4 is 11.9 Å². The van der Waals surface area contributed by atoms with Crippen LogP contribution < -0.4 is 0 Å². The first-order valence-electron chi connectivity index (χ1n) is 7.77. The van der Waals surface area contributed by atoms with E-state index < -0.39 is 0 Å². The molecular weight excluding hydrogens is 252 g/mol. The van der Waals surface area contributed by atoms with Gasteiger partial charge in [-0.1, -0.05) is 37.5 Å². The van der Waals surface area contributed by atoms with Gasteiger partial charge in [0.15, 0.2) is 0 Å². The van der Waals surface area contributed by atoms with Crippen LogP contribution in [0, 0.1) is 29.6 Å². The van der Waals surface area contributed by atoms with E-state index in [0.717, 1.165) is 6.42 Å². The molecule has 3 aliphatic rings. The average Bonchev–Trinajstić information content (AvgIpc) is 2.97. The van der Waals surface area contributed by atoms with Crippen LogP contribution in [0.2, 0.25) is 0 Å². The Hall–Kier alpha value is -1.38. The van der Waals surface area contributed by atoms with Crippen LogP contribution >= 0.6 is 0 Å². The van der Waals surface area contributed by atoms with Crippen LogP contribution in [-0.2, 0) is 14.3 Å². The summed E-state index contributed by atoms with van der Waals surface area (Å²) in [7, 11) is 0. The number of ether oxygens (including phenoxy) is 1. The van der Waals surface area contributed by atoms with E-state index >= 15 is 0 Å². The summed E-state index contributed by atoms with van der Waals surface area (Å²) in [6.45, 7) is 3.80. The quantitative estimate of drug-likeness (QED) is 0.451. The van der Waals surface area contributed by atoms with Gasteiger partial charge in [0.25, 0.3) is 0 Å². The summed E-state index contributed by atoms with van der Waals surface area (Å²) in [6, 6.07) is 0. The molecule has 1 aliphatic heterocycles. The predicted molar refractivity (Wildman–Crippen MR) is 75.6 cm³/mol. The normalized spacial score (nSPS) is 38.2. The summed E-state index contributed by atoms with van der Waals surface area (Å²) in [5.74, 6) is -0.366. The maximum absolute atomic E-state index is 11.9. The molecule has 0 spiro atoms. The average molecular weight is 274 g/mol. The lowest BCUT2D eigenvalue weighted by Gasteiger charge is -2.19. The molecule has 20 heavy (non-hydrogen) atoms. The summed E-state index contributed by atoms with van der Waals surface area (Å²) >= 11 is 0. The van der Waals surface area contributed by atoms with Gasteiger partial charge in [-0.05, 0) is 37.0 Å². The molecule has 0 amide bonds. The van der Waals surface area contributed by atoms with Crippen LogP contribution in [0.25, 0.3) is 0 Å². The van der Waals surface area contributed by atoms with E-state index in [1.54, 1.807) is 0 Å². The van der Waals surface area contributed by atoms with Gasteiger partial charge in [0.2, 0.25) is 0 Å². The Balaban J connectivity index is 1.73. The first-order chi connectivity index (χ1) is 9.70. The smallest absolute Gasteiger partial charge is 0.318 e. The van der Waals surface area contributed by atoms with Gasteiger partial charge in [-0.2, -0.15) is 0 Å². The third-order valence-corrected chi connectivity index (χ3v) is 5.18. The highest BCUT2D eigenvalue weighted by Crippen LogP contribution is 2.47. The second-order valence-electron chi connectivity index (χ2n) is 6.37. The number of allylic oxidation sites excluding steroid dienone is 3. The molecule has 3 fully saturated rings. The van der Waals surface area contributed by atoms with E-state index in [0.29, 0.717) is 5.92 Å². The minimum atomic E-state index is -0.349. The van der Waals surface area contributed by atoms with Gasteiger partial charge in [0.05, 0.1) is 11.8 Å². The summed E-state index contributed by atoms with van der Waals surface area (Å²) in [5.41, 5.74) is 0. The monoisotopic (exact) mass is 274 g/mol. The fraction of sp³-hybridized carbons (Fsp3) is 0.647. The van der Waals surface area contributed by atoms with Gasteiger partial charge in [0, 0.05) is 0 Å². The van der Waals surface area contributed by atoms with Gasteiger partial charge in [-0.25, -0.2) is 0 Å². The third-order valence-electron chi connectivity index (χ3n) is 5.18. The van der Waals surface area contributed by atoms with Gasteiger partial charge >= 0.3 is 11.9 Å². The van der Waals surface area contributed by atoms with Crippen molar-refractivity contribution in [3.8, 4) is 0 Å². The van der Waals surface area contributed by atoms with Crippen LogP contribution in [0.15, 0.2) is 24.8 Å². The maximum atomic E-state index is 11.9. The largest absolute Gasteiger partial charge is 0.393 e. The molecule has 0 unspecified atom stereocenters. The van der Waals surface area contributed by atoms with Crippen molar-refractivity contribution in [3.05, 3.63) is 24.8 Å². The number of carbonyl (C=O) groups is 2. The summed E-state index contributed by atoms with van der Waals surface area (Å²) in [6.07, 6.45) is 13.6. The molecule has 2 saturated carbocycles. The highest BCUT2D eigenvalue weighted by molar-refractivity contribution is 5.97. The van der Waals surface area contributed by atoms with E-state index in [1.165, 1.54) is 32.1 Å². The lowest BCUT2D eigenvalue weighted by atomic mass is 9.86.